The summed E-state index contributed by atoms with van der Waals surface area (Å²) >= 11 is 5.25. The van der Waals surface area contributed by atoms with E-state index in [0.717, 1.165) is 42.9 Å². The van der Waals surface area contributed by atoms with Crippen LogP contribution in [0.1, 0.15) is 39.4 Å². The van der Waals surface area contributed by atoms with Crippen LogP contribution in [-0.4, -0.2) is 39.3 Å². The Bertz CT molecular complexity index is 380. The quantitative estimate of drug-likeness (QED) is 0.762. The van der Waals surface area contributed by atoms with E-state index >= 15 is 0 Å². The first kappa shape index (κ1) is 14.4. The van der Waals surface area contributed by atoms with Crippen LogP contribution in [0.25, 0.3) is 0 Å². The van der Waals surface area contributed by atoms with Crippen molar-refractivity contribution in [3.63, 3.8) is 0 Å². The van der Waals surface area contributed by atoms with Crippen LogP contribution in [0, 0.1) is 4.77 Å². The van der Waals surface area contributed by atoms with Crippen LogP contribution < -0.4 is 0 Å². The number of hydrogen-bond acceptors (Lipinski definition) is 3. The number of H-pyrrole nitrogens is 1. The molecule has 1 aromatic rings. The van der Waals surface area contributed by atoms with Crippen molar-refractivity contribution in [2.45, 2.75) is 52.6 Å². The highest BCUT2D eigenvalue weighted by Crippen LogP contribution is 2.04. The number of rotatable bonds is 7. The number of nitrogens with one attached hydrogen (secondary N) is 1. The van der Waals surface area contributed by atoms with Gasteiger partial charge in [0.1, 0.15) is 5.82 Å². The molecular formula is C12H24N4S. The minimum Gasteiger partial charge on any atom is -0.304 e. The highest BCUT2D eigenvalue weighted by molar-refractivity contribution is 7.71. The van der Waals surface area contributed by atoms with E-state index in [9.17, 15) is 0 Å². The molecule has 0 aliphatic heterocycles. The van der Waals surface area contributed by atoms with Crippen molar-refractivity contribution >= 4 is 12.2 Å². The van der Waals surface area contributed by atoms with E-state index < -0.39 is 0 Å². The predicted octanol–water partition coefficient (Wildman–Crippen LogP) is 2.62. The molecule has 4 nitrogen and oxygen atoms in total. The van der Waals surface area contributed by atoms with Crippen LogP contribution in [0.3, 0.4) is 0 Å². The Kier molecular flexibility index (Phi) is 5.85. The Morgan fingerprint density at radius 1 is 1.47 bits per heavy atom. The maximum atomic E-state index is 5.25. The fourth-order valence-electron chi connectivity index (χ4n) is 1.73. The van der Waals surface area contributed by atoms with Crippen LogP contribution in [0.5, 0.6) is 0 Å². The second-order valence-corrected chi connectivity index (χ2v) is 5.16. The van der Waals surface area contributed by atoms with Gasteiger partial charge in [-0.15, -0.1) is 0 Å². The van der Waals surface area contributed by atoms with Crippen molar-refractivity contribution in [2.24, 2.45) is 0 Å². The van der Waals surface area contributed by atoms with E-state index in [-0.39, 0.29) is 0 Å². The molecule has 1 rings (SSSR count). The molecule has 0 aromatic carbocycles. The largest absolute Gasteiger partial charge is 0.304 e. The Balaban J connectivity index is 2.51. The summed E-state index contributed by atoms with van der Waals surface area (Å²) in [5, 5.41) is 7.16. The van der Waals surface area contributed by atoms with Gasteiger partial charge in [0.15, 0.2) is 4.77 Å². The first-order chi connectivity index (χ1) is 8.06. The minimum atomic E-state index is 0.599. The van der Waals surface area contributed by atoms with Gasteiger partial charge in [-0.1, -0.05) is 6.92 Å². The monoisotopic (exact) mass is 256 g/mol. The zero-order valence-corrected chi connectivity index (χ0v) is 12.2. The van der Waals surface area contributed by atoms with Crippen molar-refractivity contribution in [3.8, 4) is 0 Å². The van der Waals surface area contributed by atoms with E-state index in [1.54, 1.807) is 0 Å². The van der Waals surface area contributed by atoms with E-state index in [4.69, 9.17) is 12.2 Å². The average Bonchev–Trinajstić information content (AvgIpc) is 2.61. The SMILES string of the molecule is CCCc1n[nH]c(=S)n1CCCN(C)C(C)C. The third-order valence-electron chi connectivity index (χ3n) is 3.09. The van der Waals surface area contributed by atoms with Gasteiger partial charge >= 0.3 is 0 Å². The van der Waals surface area contributed by atoms with E-state index in [1.165, 1.54) is 0 Å². The highest BCUT2D eigenvalue weighted by atomic mass is 32.1. The van der Waals surface area contributed by atoms with E-state index in [1.807, 2.05) is 0 Å². The van der Waals surface area contributed by atoms with Gasteiger partial charge in [0, 0.05) is 19.0 Å². The second kappa shape index (κ2) is 6.91. The molecule has 0 unspecified atom stereocenters. The van der Waals surface area contributed by atoms with Gasteiger partial charge in [-0.05, 0) is 52.5 Å². The fourth-order valence-corrected chi connectivity index (χ4v) is 1.97. The van der Waals surface area contributed by atoms with Gasteiger partial charge < -0.3 is 9.47 Å². The number of aromatic amines is 1. The summed E-state index contributed by atoms with van der Waals surface area (Å²) in [5.41, 5.74) is 0. The lowest BCUT2D eigenvalue weighted by atomic mass is 10.3. The highest BCUT2D eigenvalue weighted by Gasteiger charge is 2.06. The lowest BCUT2D eigenvalue weighted by molar-refractivity contribution is 0.265. The standard InChI is InChI=1S/C12H24N4S/c1-5-7-11-13-14-12(17)16(11)9-6-8-15(4)10(2)3/h10H,5-9H2,1-4H3,(H,14,17). The Morgan fingerprint density at radius 3 is 2.76 bits per heavy atom. The molecule has 0 bridgehead atoms. The van der Waals surface area contributed by atoms with Gasteiger partial charge in [-0.25, -0.2) is 0 Å². The average molecular weight is 256 g/mol. The summed E-state index contributed by atoms with van der Waals surface area (Å²) in [6, 6.07) is 0.599. The Hall–Kier alpha value is -0.680. The number of hydrogen-bond donors (Lipinski definition) is 1. The lowest BCUT2D eigenvalue weighted by Gasteiger charge is -2.20. The van der Waals surface area contributed by atoms with Crippen molar-refractivity contribution in [1.82, 2.24) is 19.7 Å². The molecule has 5 heteroatoms. The van der Waals surface area contributed by atoms with Crippen LogP contribution in [0.2, 0.25) is 0 Å². The maximum absolute atomic E-state index is 5.25. The van der Waals surface area contributed by atoms with Crippen LogP contribution in [0.15, 0.2) is 0 Å². The number of aromatic nitrogens is 3. The molecular weight excluding hydrogens is 232 g/mol. The normalized spacial score (nSPS) is 11.6. The van der Waals surface area contributed by atoms with Crippen molar-refractivity contribution in [3.05, 3.63) is 10.6 Å². The van der Waals surface area contributed by atoms with Crippen LogP contribution in [0.4, 0.5) is 0 Å². The first-order valence-corrected chi connectivity index (χ1v) is 6.81. The zero-order chi connectivity index (χ0) is 12.8. The molecule has 0 atom stereocenters. The van der Waals surface area contributed by atoms with E-state index in [0.29, 0.717) is 6.04 Å². The van der Waals surface area contributed by atoms with Gasteiger partial charge in [0.25, 0.3) is 0 Å². The summed E-state index contributed by atoms with van der Waals surface area (Å²) in [5.74, 6) is 1.09. The molecule has 0 spiro atoms. The molecule has 0 saturated carbocycles. The molecule has 98 valence electrons. The third kappa shape index (κ3) is 4.24. The molecule has 0 aliphatic carbocycles. The number of nitrogens with zero attached hydrogens (tertiary/aromatic N) is 3. The summed E-state index contributed by atoms with van der Waals surface area (Å²) in [6.45, 7) is 8.64. The molecule has 1 N–H and O–H groups in total. The lowest BCUT2D eigenvalue weighted by Crippen LogP contribution is -2.28. The Morgan fingerprint density at radius 2 is 2.18 bits per heavy atom. The van der Waals surface area contributed by atoms with Gasteiger partial charge in [-0.3, -0.25) is 5.10 Å². The third-order valence-corrected chi connectivity index (χ3v) is 3.40. The molecule has 1 aromatic heterocycles. The van der Waals surface area contributed by atoms with Crippen LogP contribution in [-0.2, 0) is 13.0 Å². The zero-order valence-electron chi connectivity index (χ0n) is 11.4. The molecule has 0 aliphatic rings. The molecule has 0 saturated heterocycles. The van der Waals surface area contributed by atoms with Crippen molar-refractivity contribution in [2.75, 3.05) is 13.6 Å². The van der Waals surface area contributed by atoms with Crippen LogP contribution >= 0.6 is 12.2 Å². The minimum absolute atomic E-state index is 0.599. The molecule has 1 heterocycles. The summed E-state index contributed by atoms with van der Waals surface area (Å²) in [7, 11) is 2.16. The molecule has 0 radical (unpaired) electrons. The summed E-state index contributed by atoms with van der Waals surface area (Å²) in [4.78, 5) is 2.35. The summed E-state index contributed by atoms with van der Waals surface area (Å²) in [6.07, 6.45) is 3.21. The second-order valence-electron chi connectivity index (χ2n) is 4.77. The van der Waals surface area contributed by atoms with Crippen molar-refractivity contribution in [1.29, 1.82) is 0 Å². The van der Waals surface area contributed by atoms with Crippen molar-refractivity contribution < 1.29 is 0 Å². The Labute approximate surface area is 109 Å². The van der Waals surface area contributed by atoms with E-state index in [2.05, 4.69) is 47.5 Å². The molecule has 17 heavy (non-hydrogen) atoms. The maximum Gasteiger partial charge on any atom is 0.195 e. The first-order valence-electron chi connectivity index (χ1n) is 6.40. The van der Waals surface area contributed by atoms with Gasteiger partial charge in [0.05, 0.1) is 0 Å². The fraction of sp³-hybridized carbons (Fsp3) is 0.833. The van der Waals surface area contributed by atoms with Gasteiger partial charge in [-0.2, -0.15) is 5.10 Å². The topological polar surface area (TPSA) is 36.9 Å². The molecule has 0 amide bonds. The smallest absolute Gasteiger partial charge is 0.195 e. The predicted molar refractivity (Wildman–Crippen MR) is 73.8 cm³/mol. The molecule has 0 fully saturated rings. The van der Waals surface area contributed by atoms with Gasteiger partial charge in [0.2, 0.25) is 0 Å². The number of aryl methyl sites for hydroxylation is 1. The summed E-state index contributed by atoms with van der Waals surface area (Å²) < 4.78 is 2.88.